The fourth-order valence-corrected chi connectivity index (χ4v) is 4.02. The topological polar surface area (TPSA) is 30.7 Å². The van der Waals surface area contributed by atoms with Crippen LogP contribution in [0.5, 0.6) is 0 Å². The van der Waals surface area contributed by atoms with Crippen LogP contribution in [0.2, 0.25) is 0 Å². The lowest BCUT2D eigenvalue weighted by molar-refractivity contribution is 1.07. The minimum absolute atomic E-state index is 0.841. The molecule has 4 aromatic carbocycles. The van der Waals surface area contributed by atoms with Gasteiger partial charge in [0.25, 0.3) is 0 Å². The average Bonchev–Trinajstić information content (AvgIpc) is 3.25. The van der Waals surface area contributed by atoms with Gasteiger partial charge in [-0.15, -0.1) is 10.2 Å². The number of rotatable bonds is 4. The summed E-state index contributed by atoms with van der Waals surface area (Å²) in [6.07, 6.45) is 0. The third-order valence-corrected chi connectivity index (χ3v) is 5.73. The summed E-state index contributed by atoms with van der Waals surface area (Å²) in [5, 5.41) is 9.23. The summed E-state index contributed by atoms with van der Waals surface area (Å²) in [6, 6.07) is 34.1. The second-order valence-corrected chi connectivity index (χ2v) is 8.33. The standard InChI is InChI=1S/C29H25N3/c1-20-10-12-23(13-11-20)24-14-16-27(17-15-24)32-28(25-8-4-6-21(2)18-25)30-31-29(32)26-9-5-7-22(3)19-26/h4-19H,1-3H3. The number of aromatic nitrogens is 3. The molecule has 5 rings (SSSR count). The highest BCUT2D eigenvalue weighted by atomic mass is 15.3. The maximum absolute atomic E-state index is 4.61. The van der Waals surface area contributed by atoms with Crippen molar-refractivity contribution in [2.45, 2.75) is 20.8 Å². The maximum atomic E-state index is 4.61. The number of hydrogen-bond acceptors (Lipinski definition) is 2. The highest BCUT2D eigenvalue weighted by Gasteiger charge is 2.17. The van der Waals surface area contributed by atoms with E-state index in [2.05, 4.69) is 133 Å². The highest BCUT2D eigenvalue weighted by molar-refractivity contribution is 5.70. The molecule has 0 saturated heterocycles. The lowest BCUT2D eigenvalue weighted by atomic mass is 10.0. The summed E-state index contributed by atoms with van der Waals surface area (Å²) in [5.41, 5.74) is 9.21. The van der Waals surface area contributed by atoms with Gasteiger partial charge in [0.15, 0.2) is 11.6 Å². The van der Waals surface area contributed by atoms with Crippen LogP contribution >= 0.6 is 0 Å². The van der Waals surface area contributed by atoms with E-state index >= 15 is 0 Å². The molecule has 32 heavy (non-hydrogen) atoms. The zero-order valence-corrected chi connectivity index (χ0v) is 18.6. The Morgan fingerprint density at radius 1 is 0.469 bits per heavy atom. The molecule has 0 aliphatic rings. The van der Waals surface area contributed by atoms with Crippen LogP contribution in [0.25, 0.3) is 39.6 Å². The first-order valence-corrected chi connectivity index (χ1v) is 10.9. The van der Waals surface area contributed by atoms with E-state index in [0.29, 0.717) is 0 Å². The van der Waals surface area contributed by atoms with Crippen LogP contribution in [0.4, 0.5) is 0 Å². The summed E-state index contributed by atoms with van der Waals surface area (Å²) in [5.74, 6) is 1.68. The van der Waals surface area contributed by atoms with E-state index in [4.69, 9.17) is 0 Å². The van der Waals surface area contributed by atoms with Gasteiger partial charge in [0.1, 0.15) is 0 Å². The van der Waals surface area contributed by atoms with Gasteiger partial charge in [-0.3, -0.25) is 4.57 Å². The highest BCUT2D eigenvalue weighted by Crippen LogP contribution is 2.30. The molecule has 3 heteroatoms. The summed E-state index contributed by atoms with van der Waals surface area (Å²) < 4.78 is 2.16. The van der Waals surface area contributed by atoms with E-state index in [9.17, 15) is 0 Å². The first-order chi connectivity index (χ1) is 15.6. The predicted octanol–water partition coefficient (Wildman–Crippen LogP) is 7.19. The Bertz CT molecular complexity index is 1310. The van der Waals surface area contributed by atoms with E-state index in [1.807, 2.05) is 0 Å². The van der Waals surface area contributed by atoms with Crippen molar-refractivity contribution in [2.24, 2.45) is 0 Å². The third-order valence-electron chi connectivity index (χ3n) is 5.73. The molecule has 0 fully saturated rings. The molecule has 0 unspecified atom stereocenters. The van der Waals surface area contributed by atoms with Crippen molar-refractivity contribution in [2.75, 3.05) is 0 Å². The quantitative estimate of drug-likeness (QED) is 0.311. The molecule has 0 spiro atoms. The molecule has 0 aliphatic heterocycles. The van der Waals surface area contributed by atoms with Crippen LogP contribution in [0.3, 0.4) is 0 Å². The van der Waals surface area contributed by atoms with Gasteiger partial charge in [-0.2, -0.15) is 0 Å². The summed E-state index contributed by atoms with van der Waals surface area (Å²) in [7, 11) is 0. The summed E-state index contributed by atoms with van der Waals surface area (Å²) in [4.78, 5) is 0. The minimum Gasteiger partial charge on any atom is -0.275 e. The molecule has 0 amide bonds. The van der Waals surface area contributed by atoms with E-state index < -0.39 is 0 Å². The van der Waals surface area contributed by atoms with Gasteiger partial charge in [-0.05, 0) is 56.2 Å². The number of nitrogens with zero attached hydrogens (tertiary/aromatic N) is 3. The number of aryl methyl sites for hydroxylation is 3. The second-order valence-electron chi connectivity index (χ2n) is 8.33. The van der Waals surface area contributed by atoms with Crippen molar-refractivity contribution in [3.05, 3.63) is 114 Å². The summed E-state index contributed by atoms with van der Waals surface area (Å²) >= 11 is 0. The Hall–Kier alpha value is -3.98. The van der Waals surface area contributed by atoms with Crippen LogP contribution in [0.1, 0.15) is 16.7 Å². The molecule has 0 radical (unpaired) electrons. The van der Waals surface area contributed by atoms with Gasteiger partial charge in [0.2, 0.25) is 0 Å². The van der Waals surface area contributed by atoms with Gasteiger partial charge in [-0.25, -0.2) is 0 Å². The van der Waals surface area contributed by atoms with Crippen molar-refractivity contribution < 1.29 is 0 Å². The van der Waals surface area contributed by atoms with Gasteiger partial charge >= 0.3 is 0 Å². The Morgan fingerprint density at radius 2 is 0.938 bits per heavy atom. The van der Waals surface area contributed by atoms with Crippen molar-refractivity contribution in [1.29, 1.82) is 0 Å². The molecule has 0 saturated carbocycles. The van der Waals surface area contributed by atoms with E-state index in [0.717, 1.165) is 28.5 Å². The zero-order chi connectivity index (χ0) is 22.1. The van der Waals surface area contributed by atoms with E-state index in [1.165, 1.54) is 27.8 Å². The molecule has 0 aliphatic carbocycles. The fourth-order valence-electron chi connectivity index (χ4n) is 4.02. The molecular weight excluding hydrogens is 390 g/mol. The monoisotopic (exact) mass is 415 g/mol. The zero-order valence-electron chi connectivity index (χ0n) is 18.6. The maximum Gasteiger partial charge on any atom is 0.168 e. The molecule has 1 heterocycles. The van der Waals surface area contributed by atoms with E-state index in [1.54, 1.807) is 0 Å². The smallest absolute Gasteiger partial charge is 0.168 e. The summed E-state index contributed by atoms with van der Waals surface area (Å²) in [6.45, 7) is 6.31. The van der Waals surface area contributed by atoms with Crippen LogP contribution in [0, 0.1) is 20.8 Å². The molecule has 1 aromatic heterocycles. The van der Waals surface area contributed by atoms with Crippen LogP contribution in [-0.4, -0.2) is 14.8 Å². The minimum atomic E-state index is 0.841. The van der Waals surface area contributed by atoms with Crippen molar-refractivity contribution in [3.63, 3.8) is 0 Å². The lowest BCUT2D eigenvalue weighted by Crippen LogP contribution is -2.00. The van der Waals surface area contributed by atoms with Crippen molar-refractivity contribution in [1.82, 2.24) is 14.8 Å². The largest absolute Gasteiger partial charge is 0.275 e. The van der Waals surface area contributed by atoms with E-state index in [-0.39, 0.29) is 0 Å². The van der Waals surface area contributed by atoms with Crippen molar-refractivity contribution >= 4 is 0 Å². The second kappa shape index (κ2) is 8.27. The fraction of sp³-hybridized carbons (Fsp3) is 0.103. The molecule has 156 valence electrons. The third kappa shape index (κ3) is 3.85. The molecule has 3 nitrogen and oxygen atoms in total. The average molecular weight is 416 g/mol. The lowest BCUT2D eigenvalue weighted by Gasteiger charge is -2.13. The van der Waals surface area contributed by atoms with Crippen LogP contribution in [-0.2, 0) is 0 Å². The molecular formula is C29H25N3. The Kier molecular flexibility index (Phi) is 5.16. The Balaban J connectivity index is 1.65. The van der Waals surface area contributed by atoms with Crippen LogP contribution in [0.15, 0.2) is 97.1 Å². The molecule has 0 bridgehead atoms. The molecule has 0 N–H and O–H groups in total. The molecule has 0 atom stereocenters. The Morgan fingerprint density at radius 3 is 1.41 bits per heavy atom. The number of hydrogen-bond donors (Lipinski definition) is 0. The first kappa shape index (κ1) is 20.0. The molecule has 5 aromatic rings. The Labute approximate surface area is 189 Å². The number of benzene rings is 4. The van der Waals surface area contributed by atoms with Crippen LogP contribution < -0.4 is 0 Å². The predicted molar refractivity (Wildman–Crippen MR) is 132 cm³/mol. The van der Waals surface area contributed by atoms with Gasteiger partial charge in [-0.1, -0.05) is 89.5 Å². The SMILES string of the molecule is Cc1ccc(-c2ccc(-n3c(-c4cccc(C)c4)nnc3-c3cccc(C)c3)cc2)cc1. The van der Waals surface area contributed by atoms with Gasteiger partial charge in [0, 0.05) is 16.8 Å². The normalized spacial score (nSPS) is 11.0. The van der Waals surface area contributed by atoms with Gasteiger partial charge < -0.3 is 0 Å². The van der Waals surface area contributed by atoms with Crippen molar-refractivity contribution in [3.8, 4) is 39.6 Å². The van der Waals surface area contributed by atoms with Gasteiger partial charge in [0.05, 0.1) is 0 Å². The first-order valence-electron chi connectivity index (χ1n) is 10.9.